The van der Waals surface area contributed by atoms with Crippen molar-refractivity contribution in [1.29, 1.82) is 0 Å². The van der Waals surface area contributed by atoms with Crippen LogP contribution in [0.2, 0.25) is 0 Å². The van der Waals surface area contributed by atoms with Crippen LogP contribution in [0.25, 0.3) is 11.0 Å². The number of aliphatic imine (C=N–C) groups is 1. The predicted octanol–water partition coefficient (Wildman–Crippen LogP) is 1.53. The summed E-state index contributed by atoms with van der Waals surface area (Å²) in [7, 11) is 0. The van der Waals surface area contributed by atoms with E-state index in [4.69, 9.17) is 9.15 Å². The fourth-order valence-corrected chi connectivity index (χ4v) is 2.30. The molecule has 112 valence electrons. The molecular weight excluding hydrogens is 284 g/mol. The Labute approximate surface area is 125 Å². The first-order valence-corrected chi connectivity index (χ1v) is 7.01. The van der Waals surface area contributed by atoms with Gasteiger partial charge in [0.05, 0.1) is 37.3 Å². The van der Waals surface area contributed by atoms with E-state index in [9.17, 15) is 0 Å². The van der Waals surface area contributed by atoms with Crippen molar-refractivity contribution in [3.63, 3.8) is 0 Å². The first-order chi connectivity index (χ1) is 10.9. The molecular formula is C14H14N6O2. The van der Waals surface area contributed by atoms with E-state index in [0.29, 0.717) is 36.4 Å². The summed E-state index contributed by atoms with van der Waals surface area (Å²) in [6, 6.07) is 3.65. The highest BCUT2D eigenvalue weighted by molar-refractivity contribution is 5.89. The summed E-state index contributed by atoms with van der Waals surface area (Å²) in [5.41, 5.74) is 0.670. The normalized spacial score (nSPS) is 15.9. The molecule has 0 aliphatic carbocycles. The number of morpholine rings is 1. The van der Waals surface area contributed by atoms with Gasteiger partial charge in [-0.3, -0.25) is 5.10 Å². The number of fused-ring (bicyclic) bond motifs is 1. The van der Waals surface area contributed by atoms with Crippen molar-refractivity contribution in [2.24, 2.45) is 4.99 Å². The second kappa shape index (κ2) is 5.57. The number of hydrogen-bond donors (Lipinski definition) is 1. The molecule has 4 rings (SSSR count). The molecule has 0 atom stereocenters. The maximum Gasteiger partial charge on any atom is 0.229 e. The van der Waals surface area contributed by atoms with E-state index in [2.05, 4.69) is 30.1 Å². The zero-order chi connectivity index (χ0) is 14.8. The molecule has 1 N–H and O–H groups in total. The third-order valence-corrected chi connectivity index (χ3v) is 3.43. The van der Waals surface area contributed by atoms with E-state index in [-0.39, 0.29) is 0 Å². The standard InChI is InChI=1S/C14H14N6O2/c1-2-10(22-5-1)8-15-12-11-9-16-19-13(11)18-14(17-12)20-3-6-21-7-4-20/h1-2,5,8-9H,3-4,6-7H2,(H,16,17,18,19). The van der Waals surface area contributed by atoms with Gasteiger partial charge in [0, 0.05) is 13.1 Å². The lowest BCUT2D eigenvalue weighted by Gasteiger charge is -2.26. The second-order valence-electron chi connectivity index (χ2n) is 4.85. The van der Waals surface area contributed by atoms with E-state index in [1.807, 2.05) is 12.1 Å². The van der Waals surface area contributed by atoms with E-state index in [1.165, 1.54) is 0 Å². The molecule has 0 saturated carbocycles. The summed E-state index contributed by atoms with van der Waals surface area (Å²) in [4.78, 5) is 15.6. The van der Waals surface area contributed by atoms with Gasteiger partial charge in [-0.1, -0.05) is 0 Å². The van der Waals surface area contributed by atoms with E-state index < -0.39 is 0 Å². The first kappa shape index (κ1) is 13.0. The number of anilines is 1. The van der Waals surface area contributed by atoms with Crippen molar-refractivity contribution >= 4 is 29.0 Å². The molecule has 1 saturated heterocycles. The average molecular weight is 298 g/mol. The van der Waals surface area contributed by atoms with Crippen molar-refractivity contribution in [2.45, 2.75) is 0 Å². The number of H-pyrrole nitrogens is 1. The van der Waals surface area contributed by atoms with Crippen molar-refractivity contribution in [3.8, 4) is 0 Å². The number of aromatic nitrogens is 4. The van der Waals surface area contributed by atoms with Crippen LogP contribution in [-0.2, 0) is 4.74 Å². The van der Waals surface area contributed by atoms with Crippen molar-refractivity contribution in [1.82, 2.24) is 20.2 Å². The molecule has 1 aliphatic heterocycles. The molecule has 0 amide bonds. The SMILES string of the molecule is C(=Nc1nc(N2CCOCC2)nc2[nH]ncc12)c1ccco1. The van der Waals surface area contributed by atoms with E-state index in [0.717, 1.165) is 18.5 Å². The largest absolute Gasteiger partial charge is 0.463 e. The summed E-state index contributed by atoms with van der Waals surface area (Å²) in [5, 5.41) is 7.68. The third-order valence-electron chi connectivity index (χ3n) is 3.43. The van der Waals surface area contributed by atoms with Gasteiger partial charge in [0.15, 0.2) is 11.5 Å². The fraction of sp³-hybridized carbons (Fsp3) is 0.286. The van der Waals surface area contributed by atoms with Gasteiger partial charge in [0.1, 0.15) is 5.76 Å². The van der Waals surface area contributed by atoms with Crippen LogP contribution in [0.3, 0.4) is 0 Å². The molecule has 8 nitrogen and oxygen atoms in total. The molecule has 0 spiro atoms. The number of nitrogens with one attached hydrogen (secondary N) is 1. The highest BCUT2D eigenvalue weighted by Crippen LogP contribution is 2.24. The van der Waals surface area contributed by atoms with Crippen LogP contribution in [0.5, 0.6) is 0 Å². The summed E-state index contributed by atoms with van der Waals surface area (Å²) in [6.07, 6.45) is 4.92. The number of hydrogen-bond acceptors (Lipinski definition) is 7. The minimum Gasteiger partial charge on any atom is -0.463 e. The van der Waals surface area contributed by atoms with Gasteiger partial charge in [-0.15, -0.1) is 0 Å². The van der Waals surface area contributed by atoms with Crippen LogP contribution in [0.15, 0.2) is 34.0 Å². The third kappa shape index (κ3) is 2.44. The van der Waals surface area contributed by atoms with E-state index in [1.54, 1.807) is 18.7 Å². The number of furan rings is 1. The second-order valence-corrected chi connectivity index (χ2v) is 4.85. The van der Waals surface area contributed by atoms with Crippen LogP contribution in [-0.4, -0.2) is 52.7 Å². The Balaban J connectivity index is 1.73. The Morgan fingerprint density at radius 1 is 1.27 bits per heavy atom. The minimum absolute atomic E-state index is 0.566. The van der Waals surface area contributed by atoms with Crippen LogP contribution >= 0.6 is 0 Å². The molecule has 3 aromatic rings. The highest BCUT2D eigenvalue weighted by atomic mass is 16.5. The smallest absolute Gasteiger partial charge is 0.229 e. The van der Waals surface area contributed by atoms with Crippen LogP contribution in [0.1, 0.15) is 5.76 Å². The fourth-order valence-electron chi connectivity index (χ4n) is 2.30. The van der Waals surface area contributed by atoms with Gasteiger partial charge >= 0.3 is 0 Å². The zero-order valence-electron chi connectivity index (χ0n) is 11.8. The van der Waals surface area contributed by atoms with Crippen LogP contribution < -0.4 is 4.90 Å². The summed E-state index contributed by atoms with van der Waals surface area (Å²) in [6.45, 7) is 2.88. The molecule has 1 fully saturated rings. The quantitative estimate of drug-likeness (QED) is 0.737. The van der Waals surface area contributed by atoms with Crippen molar-refractivity contribution in [3.05, 3.63) is 30.4 Å². The minimum atomic E-state index is 0.566. The zero-order valence-corrected chi connectivity index (χ0v) is 11.8. The summed E-state index contributed by atoms with van der Waals surface area (Å²) in [5.74, 6) is 1.87. The van der Waals surface area contributed by atoms with Gasteiger partial charge in [-0.2, -0.15) is 15.1 Å². The lowest BCUT2D eigenvalue weighted by atomic mass is 10.4. The molecule has 22 heavy (non-hydrogen) atoms. The molecule has 0 unspecified atom stereocenters. The van der Waals surface area contributed by atoms with Gasteiger partial charge in [0.25, 0.3) is 0 Å². The first-order valence-electron chi connectivity index (χ1n) is 7.01. The monoisotopic (exact) mass is 298 g/mol. The molecule has 4 heterocycles. The van der Waals surface area contributed by atoms with Gasteiger partial charge in [-0.05, 0) is 12.1 Å². The molecule has 0 radical (unpaired) electrons. The summed E-state index contributed by atoms with van der Waals surface area (Å²) >= 11 is 0. The van der Waals surface area contributed by atoms with E-state index >= 15 is 0 Å². The topological polar surface area (TPSA) is 92.4 Å². The molecule has 3 aromatic heterocycles. The Hall–Kier alpha value is -2.74. The number of rotatable bonds is 3. The Morgan fingerprint density at radius 2 is 2.18 bits per heavy atom. The van der Waals surface area contributed by atoms with Crippen molar-refractivity contribution in [2.75, 3.05) is 31.2 Å². The number of nitrogens with zero attached hydrogens (tertiary/aromatic N) is 5. The van der Waals surface area contributed by atoms with Gasteiger partial charge < -0.3 is 14.1 Å². The Morgan fingerprint density at radius 3 is 3.00 bits per heavy atom. The molecule has 8 heteroatoms. The molecule has 0 bridgehead atoms. The van der Waals surface area contributed by atoms with Crippen molar-refractivity contribution < 1.29 is 9.15 Å². The predicted molar refractivity (Wildman–Crippen MR) is 80.7 cm³/mol. The van der Waals surface area contributed by atoms with Gasteiger partial charge in [0.2, 0.25) is 5.95 Å². The average Bonchev–Trinajstić information content (AvgIpc) is 3.24. The van der Waals surface area contributed by atoms with Crippen LogP contribution in [0, 0.1) is 0 Å². The Kier molecular flexibility index (Phi) is 3.28. The lowest BCUT2D eigenvalue weighted by Crippen LogP contribution is -2.37. The Bertz CT molecular complexity index is 789. The van der Waals surface area contributed by atoms with Crippen LogP contribution in [0.4, 0.5) is 11.8 Å². The lowest BCUT2D eigenvalue weighted by molar-refractivity contribution is 0.122. The van der Waals surface area contributed by atoms with Gasteiger partial charge in [-0.25, -0.2) is 4.99 Å². The maximum absolute atomic E-state index is 5.36. The molecule has 1 aliphatic rings. The number of ether oxygens (including phenoxy) is 1. The molecule has 0 aromatic carbocycles. The summed E-state index contributed by atoms with van der Waals surface area (Å²) < 4.78 is 10.6. The maximum atomic E-state index is 5.36. The number of aromatic amines is 1. The highest BCUT2D eigenvalue weighted by Gasteiger charge is 2.17.